The topological polar surface area (TPSA) is 0 Å². The van der Waals surface area contributed by atoms with Gasteiger partial charge >= 0.3 is 0 Å². The Hall–Kier alpha value is -1.04. The van der Waals surface area contributed by atoms with Gasteiger partial charge in [-0.2, -0.15) is 0 Å². The first-order chi connectivity index (χ1) is 7.00. The summed E-state index contributed by atoms with van der Waals surface area (Å²) in [5.74, 6) is 0.558. The molecule has 0 N–H and O–H groups in total. The van der Waals surface area contributed by atoms with Crippen LogP contribution < -0.4 is 0 Å². The molecule has 0 saturated heterocycles. The quantitative estimate of drug-likeness (QED) is 0.547. The lowest BCUT2D eigenvalue weighted by Gasteiger charge is -2.26. The number of benzene rings is 1. The zero-order chi connectivity index (χ0) is 11.1. The molecule has 1 aromatic carbocycles. The highest BCUT2D eigenvalue weighted by atomic mass is 14.3. The van der Waals surface area contributed by atoms with Crippen LogP contribution in [0.4, 0.5) is 0 Å². The molecule has 0 radical (unpaired) electrons. The van der Waals surface area contributed by atoms with Crippen LogP contribution in [0.25, 0.3) is 0 Å². The minimum Gasteiger partial charge on any atom is -0.0871 e. The first-order valence-electron chi connectivity index (χ1n) is 5.78. The van der Waals surface area contributed by atoms with Gasteiger partial charge in [-0.3, -0.25) is 0 Å². The second kappa shape index (κ2) is 3.52. The van der Waals surface area contributed by atoms with Gasteiger partial charge in [0.05, 0.1) is 0 Å². The van der Waals surface area contributed by atoms with Gasteiger partial charge < -0.3 is 0 Å². The van der Waals surface area contributed by atoms with E-state index in [2.05, 4.69) is 58.0 Å². The van der Waals surface area contributed by atoms with E-state index in [0.717, 1.165) is 6.42 Å². The summed E-state index contributed by atoms with van der Waals surface area (Å²) in [7, 11) is 0. The molecule has 0 aliphatic heterocycles. The van der Waals surface area contributed by atoms with Gasteiger partial charge in [0, 0.05) is 0 Å². The van der Waals surface area contributed by atoms with Gasteiger partial charge in [0.15, 0.2) is 0 Å². The molecule has 0 nitrogen and oxygen atoms in total. The number of allylic oxidation sites excluding steroid dienone is 2. The van der Waals surface area contributed by atoms with E-state index >= 15 is 0 Å². The molecule has 1 aromatic rings. The maximum atomic E-state index is 2.36. The van der Waals surface area contributed by atoms with E-state index in [1.165, 1.54) is 16.7 Å². The fourth-order valence-corrected chi connectivity index (χ4v) is 2.43. The first-order valence-corrected chi connectivity index (χ1v) is 5.78. The molecule has 0 amide bonds. The van der Waals surface area contributed by atoms with Crippen LogP contribution >= 0.6 is 0 Å². The highest BCUT2D eigenvalue weighted by molar-refractivity contribution is 5.42. The largest absolute Gasteiger partial charge is 0.0871 e. The number of rotatable bonds is 0. The lowest BCUT2D eigenvalue weighted by molar-refractivity contribution is 0.532. The SMILES string of the molecule is Cc1ccc2c(c1)C(C)(C)CC=CC2C. The summed E-state index contributed by atoms with van der Waals surface area (Å²) >= 11 is 0. The maximum Gasteiger partial charge on any atom is -0.000749 e. The van der Waals surface area contributed by atoms with Gasteiger partial charge in [-0.25, -0.2) is 0 Å². The van der Waals surface area contributed by atoms with Gasteiger partial charge in [0.1, 0.15) is 0 Å². The standard InChI is InChI=1S/C15H20/c1-11-7-8-13-12(2)6-5-9-15(3,4)14(13)10-11/h5-8,10,12H,9H2,1-4H3. The molecule has 0 spiro atoms. The number of hydrogen-bond donors (Lipinski definition) is 0. The molecule has 0 heterocycles. The average molecular weight is 200 g/mol. The van der Waals surface area contributed by atoms with Crippen LogP contribution in [0, 0.1) is 6.92 Å². The molecule has 80 valence electrons. The molecule has 2 rings (SSSR count). The molecule has 1 aliphatic rings. The molecule has 0 fully saturated rings. The predicted octanol–water partition coefficient (Wildman–Crippen LogP) is 4.34. The van der Waals surface area contributed by atoms with Crippen molar-refractivity contribution >= 4 is 0 Å². The van der Waals surface area contributed by atoms with Gasteiger partial charge in [-0.15, -0.1) is 0 Å². The summed E-state index contributed by atoms with van der Waals surface area (Å²) < 4.78 is 0. The van der Waals surface area contributed by atoms with E-state index in [9.17, 15) is 0 Å². The molecule has 0 bridgehead atoms. The van der Waals surface area contributed by atoms with Crippen LogP contribution in [-0.4, -0.2) is 0 Å². The molecular formula is C15H20. The summed E-state index contributed by atoms with van der Waals surface area (Å²) in [6.07, 6.45) is 5.82. The van der Waals surface area contributed by atoms with Crippen molar-refractivity contribution in [3.05, 3.63) is 47.0 Å². The second-order valence-corrected chi connectivity index (χ2v) is 5.40. The normalized spacial score (nSPS) is 23.3. The molecule has 1 atom stereocenters. The molecule has 15 heavy (non-hydrogen) atoms. The van der Waals surface area contributed by atoms with Crippen molar-refractivity contribution in [3.63, 3.8) is 0 Å². The molecule has 0 aromatic heterocycles. The summed E-state index contributed by atoms with van der Waals surface area (Å²) in [5, 5.41) is 0. The molecule has 0 heteroatoms. The fourth-order valence-electron chi connectivity index (χ4n) is 2.43. The van der Waals surface area contributed by atoms with E-state index < -0.39 is 0 Å². The Morgan fingerprint density at radius 3 is 2.73 bits per heavy atom. The lowest BCUT2D eigenvalue weighted by atomic mass is 9.78. The van der Waals surface area contributed by atoms with E-state index in [1.807, 2.05) is 0 Å². The number of aryl methyl sites for hydroxylation is 1. The van der Waals surface area contributed by atoms with Crippen molar-refractivity contribution in [1.29, 1.82) is 0 Å². The molecule has 0 saturated carbocycles. The van der Waals surface area contributed by atoms with E-state index in [1.54, 1.807) is 0 Å². The van der Waals surface area contributed by atoms with Crippen LogP contribution in [0.5, 0.6) is 0 Å². The first kappa shape index (κ1) is 10.5. The Bertz CT molecular complexity index is 396. The van der Waals surface area contributed by atoms with Crippen LogP contribution in [-0.2, 0) is 5.41 Å². The van der Waals surface area contributed by atoms with Crippen LogP contribution in [0.3, 0.4) is 0 Å². The third-order valence-electron chi connectivity index (χ3n) is 3.48. The van der Waals surface area contributed by atoms with Crippen molar-refractivity contribution < 1.29 is 0 Å². The Morgan fingerprint density at radius 1 is 1.27 bits per heavy atom. The fraction of sp³-hybridized carbons (Fsp3) is 0.467. The van der Waals surface area contributed by atoms with Gasteiger partial charge in [-0.1, -0.05) is 56.7 Å². The average Bonchev–Trinajstić information content (AvgIpc) is 2.26. The third-order valence-corrected chi connectivity index (χ3v) is 3.48. The Morgan fingerprint density at radius 2 is 2.00 bits per heavy atom. The third kappa shape index (κ3) is 1.86. The van der Waals surface area contributed by atoms with Crippen LogP contribution in [0.2, 0.25) is 0 Å². The van der Waals surface area contributed by atoms with Gasteiger partial charge in [0.2, 0.25) is 0 Å². The smallest absolute Gasteiger partial charge is 0.000749 e. The van der Waals surface area contributed by atoms with Gasteiger partial charge in [-0.05, 0) is 35.8 Å². The van der Waals surface area contributed by atoms with Crippen molar-refractivity contribution in [3.8, 4) is 0 Å². The zero-order valence-electron chi connectivity index (χ0n) is 10.2. The predicted molar refractivity (Wildman–Crippen MR) is 66.4 cm³/mol. The second-order valence-electron chi connectivity index (χ2n) is 5.40. The van der Waals surface area contributed by atoms with Crippen molar-refractivity contribution in [2.45, 2.75) is 45.4 Å². The summed E-state index contributed by atoms with van der Waals surface area (Å²) in [6.45, 7) is 9.15. The molecular weight excluding hydrogens is 180 g/mol. The van der Waals surface area contributed by atoms with E-state index in [4.69, 9.17) is 0 Å². The Balaban J connectivity index is 2.62. The monoisotopic (exact) mass is 200 g/mol. The minimum atomic E-state index is 0.280. The summed E-state index contributed by atoms with van der Waals surface area (Å²) in [5.41, 5.74) is 4.68. The number of fused-ring (bicyclic) bond motifs is 1. The molecule has 1 aliphatic carbocycles. The Labute approximate surface area is 93.0 Å². The minimum absolute atomic E-state index is 0.280. The van der Waals surface area contributed by atoms with Crippen molar-refractivity contribution in [2.75, 3.05) is 0 Å². The van der Waals surface area contributed by atoms with E-state index in [0.29, 0.717) is 5.92 Å². The zero-order valence-corrected chi connectivity index (χ0v) is 10.2. The molecule has 1 unspecified atom stereocenters. The lowest BCUT2D eigenvalue weighted by Crippen LogP contribution is -2.17. The maximum absolute atomic E-state index is 2.36. The van der Waals surface area contributed by atoms with Crippen LogP contribution in [0.1, 0.15) is 49.8 Å². The Kier molecular flexibility index (Phi) is 2.46. The number of hydrogen-bond acceptors (Lipinski definition) is 0. The van der Waals surface area contributed by atoms with Gasteiger partial charge in [0.25, 0.3) is 0 Å². The summed E-state index contributed by atoms with van der Waals surface area (Å²) in [6, 6.07) is 6.89. The van der Waals surface area contributed by atoms with Crippen molar-refractivity contribution in [1.82, 2.24) is 0 Å². The summed E-state index contributed by atoms with van der Waals surface area (Å²) in [4.78, 5) is 0. The highest BCUT2D eigenvalue weighted by Gasteiger charge is 2.25. The van der Waals surface area contributed by atoms with E-state index in [-0.39, 0.29) is 5.41 Å². The highest BCUT2D eigenvalue weighted by Crippen LogP contribution is 2.37. The van der Waals surface area contributed by atoms with Crippen LogP contribution in [0.15, 0.2) is 30.4 Å². The van der Waals surface area contributed by atoms with Crippen molar-refractivity contribution in [2.24, 2.45) is 0 Å².